The van der Waals surface area contributed by atoms with Gasteiger partial charge in [0, 0.05) is 40.3 Å². The molecule has 5 rings (SSSR count). The Morgan fingerprint density at radius 3 is 2.64 bits per heavy atom. The van der Waals surface area contributed by atoms with Crippen molar-refractivity contribution in [3.05, 3.63) is 100 Å². The summed E-state index contributed by atoms with van der Waals surface area (Å²) in [6, 6.07) is 18.3. The van der Waals surface area contributed by atoms with Gasteiger partial charge in [-0.3, -0.25) is 9.59 Å². The van der Waals surface area contributed by atoms with Crippen LogP contribution in [-0.4, -0.2) is 47.2 Å². The van der Waals surface area contributed by atoms with Gasteiger partial charge >= 0.3 is 0 Å². The fourth-order valence-corrected chi connectivity index (χ4v) is 4.78. The van der Waals surface area contributed by atoms with E-state index in [0.29, 0.717) is 35.4 Å². The minimum Gasteiger partial charge on any atom is -0.490 e. The average molecular weight is 522 g/mol. The molecule has 0 unspecified atom stereocenters. The summed E-state index contributed by atoms with van der Waals surface area (Å²) in [5.74, 6) is 6.35. The molecular formula is C32H31N3O4. The lowest BCUT2D eigenvalue weighted by molar-refractivity contribution is 0.0909. The van der Waals surface area contributed by atoms with Crippen LogP contribution >= 0.6 is 0 Å². The molecule has 1 atom stereocenters. The number of rotatable bonds is 7. The number of para-hydroxylation sites is 1. The molecule has 1 aliphatic heterocycles. The van der Waals surface area contributed by atoms with Crippen molar-refractivity contribution in [2.45, 2.75) is 38.8 Å². The van der Waals surface area contributed by atoms with Crippen molar-refractivity contribution in [2.75, 3.05) is 13.2 Å². The zero-order valence-corrected chi connectivity index (χ0v) is 22.0. The molecule has 1 aromatic heterocycles. The standard InChI is InChI=1S/C32H31N3O4/c1-20(2)39-30-12-10-22(8-7-21-9-11-27-23(15-21)13-14-33-31(27)37)16-28(30)32(38)35-25(19-36)17-24-18-34-29-6-4-3-5-26(24)29/h3-6,9-12,15-16,18,20,25,34,36H,13-14,17,19H2,1-2H3,(H,33,37)(H,35,38)/t25-/m1/s1. The lowest BCUT2D eigenvalue weighted by Gasteiger charge is -2.19. The number of aromatic amines is 1. The van der Waals surface area contributed by atoms with Crippen LogP contribution in [0.25, 0.3) is 10.9 Å². The molecule has 0 saturated carbocycles. The number of fused-ring (bicyclic) bond motifs is 2. The number of hydrogen-bond donors (Lipinski definition) is 4. The molecule has 2 heterocycles. The summed E-state index contributed by atoms with van der Waals surface area (Å²) in [6.45, 7) is 4.22. The fourth-order valence-electron chi connectivity index (χ4n) is 4.78. The average Bonchev–Trinajstić information content (AvgIpc) is 3.34. The first kappa shape index (κ1) is 26.1. The maximum Gasteiger partial charge on any atom is 0.255 e. The van der Waals surface area contributed by atoms with E-state index in [0.717, 1.165) is 34.0 Å². The molecule has 0 spiro atoms. The molecule has 0 fully saturated rings. The van der Waals surface area contributed by atoms with E-state index in [9.17, 15) is 14.7 Å². The number of carbonyl (C=O) groups excluding carboxylic acids is 2. The predicted molar refractivity (Wildman–Crippen MR) is 151 cm³/mol. The molecule has 1 aliphatic rings. The van der Waals surface area contributed by atoms with Crippen LogP contribution in [0.2, 0.25) is 0 Å². The molecule has 0 radical (unpaired) electrons. The number of amides is 2. The van der Waals surface area contributed by atoms with Crippen molar-refractivity contribution in [2.24, 2.45) is 0 Å². The van der Waals surface area contributed by atoms with E-state index in [-0.39, 0.29) is 24.5 Å². The van der Waals surface area contributed by atoms with Gasteiger partial charge in [-0.1, -0.05) is 30.0 Å². The maximum atomic E-state index is 13.4. The van der Waals surface area contributed by atoms with Crippen LogP contribution in [0.4, 0.5) is 0 Å². The van der Waals surface area contributed by atoms with Gasteiger partial charge in [-0.2, -0.15) is 0 Å². The van der Waals surface area contributed by atoms with E-state index in [1.807, 2.05) is 62.5 Å². The van der Waals surface area contributed by atoms with Gasteiger partial charge in [-0.15, -0.1) is 0 Å². The van der Waals surface area contributed by atoms with E-state index in [2.05, 4.69) is 27.5 Å². The predicted octanol–water partition coefficient (Wildman–Crippen LogP) is 3.97. The van der Waals surface area contributed by atoms with Gasteiger partial charge in [-0.05, 0) is 80.3 Å². The topological polar surface area (TPSA) is 103 Å². The Morgan fingerprint density at radius 1 is 1.08 bits per heavy atom. The number of nitrogens with one attached hydrogen (secondary N) is 3. The van der Waals surface area contributed by atoms with Crippen molar-refractivity contribution in [3.8, 4) is 17.6 Å². The van der Waals surface area contributed by atoms with Crippen molar-refractivity contribution in [3.63, 3.8) is 0 Å². The minimum atomic E-state index is -0.481. The fraction of sp³-hybridized carbons (Fsp3) is 0.250. The van der Waals surface area contributed by atoms with Crippen LogP contribution < -0.4 is 15.4 Å². The highest BCUT2D eigenvalue weighted by molar-refractivity contribution is 5.98. The number of benzene rings is 3. The third kappa shape index (κ3) is 5.97. The molecule has 4 aromatic rings. The molecule has 198 valence electrons. The van der Waals surface area contributed by atoms with Gasteiger partial charge in [0.2, 0.25) is 0 Å². The summed E-state index contributed by atoms with van der Waals surface area (Å²) >= 11 is 0. The zero-order chi connectivity index (χ0) is 27.4. The normalized spacial score (nSPS) is 13.3. The number of H-pyrrole nitrogens is 1. The second kappa shape index (κ2) is 11.5. The van der Waals surface area contributed by atoms with Crippen LogP contribution in [0, 0.1) is 11.8 Å². The van der Waals surface area contributed by atoms with E-state index in [4.69, 9.17) is 4.74 Å². The number of aliphatic hydroxyl groups excluding tert-OH is 1. The van der Waals surface area contributed by atoms with E-state index in [1.165, 1.54) is 0 Å². The van der Waals surface area contributed by atoms with Crippen molar-refractivity contribution in [1.29, 1.82) is 0 Å². The maximum absolute atomic E-state index is 13.4. The van der Waals surface area contributed by atoms with E-state index in [1.54, 1.807) is 18.2 Å². The Kier molecular flexibility index (Phi) is 7.67. The van der Waals surface area contributed by atoms with Crippen LogP contribution in [0.1, 0.15) is 56.8 Å². The van der Waals surface area contributed by atoms with Gasteiger partial charge in [0.15, 0.2) is 0 Å². The molecule has 0 aliphatic carbocycles. The first-order chi connectivity index (χ1) is 18.9. The van der Waals surface area contributed by atoms with Gasteiger partial charge < -0.3 is 25.5 Å². The molecule has 3 aromatic carbocycles. The van der Waals surface area contributed by atoms with Crippen LogP contribution in [0.15, 0.2) is 66.9 Å². The van der Waals surface area contributed by atoms with Crippen LogP contribution in [0.5, 0.6) is 5.75 Å². The first-order valence-corrected chi connectivity index (χ1v) is 13.1. The van der Waals surface area contributed by atoms with Crippen molar-refractivity contribution in [1.82, 2.24) is 15.6 Å². The second-order valence-corrected chi connectivity index (χ2v) is 9.92. The molecule has 7 nitrogen and oxygen atoms in total. The lowest BCUT2D eigenvalue weighted by Crippen LogP contribution is -2.39. The molecule has 0 saturated heterocycles. The third-order valence-electron chi connectivity index (χ3n) is 6.66. The third-order valence-corrected chi connectivity index (χ3v) is 6.66. The van der Waals surface area contributed by atoms with Crippen molar-refractivity contribution < 1.29 is 19.4 Å². The zero-order valence-electron chi connectivity index (χ0n) is 22.0. The quantitative estimate of drug-likeness (QED) is 0.276. The van der Waals surface area contributed by atoms with Crippen LogP contribution in [0.3, 0.4) is 0 Å². The largest absolute Gasteiger partial charge is 0.490 e. The summed E-state index contributed by atoms with van der Waals surface area (Å²) in [5.41, 5.74) is 5.51. The Bertz CT molecular complexity index is 1590. The van der Waals surface area contributed by atoms with Gasteiger partial charge in [0.1, 0.15) is 5.75 Å². The summed E-state index contributed by atoms with van der Waals surface area (Å²) in [4.78, 5) is 28.7. The van der Waals surface area contributed by atoms with Gasteiger partial charge in [0.25, 0.3) is 11.8 Å². The Balaban J connectivity index is 1.38. The molecule has 0 bridgehead atoms. The summed E-state index contributed by atoms with van der Waals surface area (Å²) < 4.78 is 5.92. The minimum absolute atomic E-state index is 0.0574. The van der Waals surface area contributed by atoms with Crippen LogP contribution in [-0.2, 0) is 12.8 Å². The Hall–Kier alpha value is -4.54. The number of aliphatic hydroxyl groups is 1. The number of aromatic nitrogens is 1. The molecule has 4 N–H and O–H groups in total. The number of ether oxygens (including phenoxy) is 1. The van der Waals surface area contributed by atoms with Gasteiger partial charge in [0.05, 0.1) is 24.3 Å². The summed E-state index contributed by atoms with van der Waals surface area (Å²) in [5, 5.41) is 16.9. The summed E-state index contributed by atoms with van der Waals surface area (Å²) in [6.07, 6.45) is 3.03. The molecule has 7 heteroatoms. The number of hydrogen-bond acceptors (Lipinski definition) is 4. The van der Waals surface area contributed by atoms with E-state index < -0.39 is 6.04 Å². The summed E-state index contributed by atoms with van der Waals surface area (Å²) in [7, 11) is 0. The highest BCUT2D eigenvalue weighted by atomic mass is 16.5. The Labute approximate surface area is 227 Å². The molecule has 2 amide bonds. The van der Waals surface area contributed by atoms with E-state index >= 15 is 0 Å². The lowest BCUT2D eigenvalue weighted by atomic mass is 9.98. The monoisotopic (exact) mass is 521 g/mol. The van der Waals surface area contributed by atoms with Gasteiger partial charge in [-0.25, -0.2) is 0 Å². The SMILES string of the molecule is CC(C)Oc1ccc(C#Cc2ccc3c(c2)CCNC3=O)cc1C(=O)N[C@@H](CO)Cc1c[nH]c2ccccc12. The number of carbonyl (C=O) groups is 2. The first-order valence-electron chi connectivity index (χ1n) is 13.1. The second-order valence-electron chi connectivity index (χ2n) is 9.92. The Morgan fingerprint density at radius 2 is 1.85 bits per heavy atom. The highest BCUT2D eigenvalue weighted by Gasteiger charge is 2.20. The molecule has 39 heavy (non-hydrogen) atoms. The highest BCUT2D eigenvalue weighted by Crippen LogP contribution is 2.23. The molecular weight excluding hydrogens is 490 g/mol. The smallest absolute Gasteiger partial charge is 0.255 e. The van der Waals surface area contributed by atoms with Crippen molar-refractivity contribution >= 4 is 22.7 Å².